The van der Waals surface area contributed by atoms with Gasteiger partial charge in [0.25, 0.3) is 0 Å². The molecule has 0 spiro atoms. The predicted octanol–water partition coefficient (Wildman–Crippen LogP) is 1.68. The highest BCUT2D eigenvalue weighted by molar-refractivity contribution is 7.89. The van der Waals surface area contributed by atoms with Gasteiger partial charge < -0.3 is 4.90 Å². The van der Waals surface area contributed by atoms with Crippen molar-refractivity contribution in [2.24, 2.45) is 0 Å². The van der Waals surface area contributed by atoms with Crippen molar-refractivity contribution >= 4 is 15.9 Å². The van der Waals surface area contributed by atoms with E-state index in [1.165, 1.54) is 11.1 Å². The molecular weight excluding hydrogens is 300 g/mol. The third kappa shape index (κ3) is 4.81. The molecule has 122 valence electrons. The summed E-state index contributed by atoms with van der Waals surface area (Å²) in [5, 5.41) is 0. The highest BCUT2D eigenvalue weighted by Gasteiger charge is 2.20. The number of benzene rings is 1. The Morgan fingerprint density at radius 2 is 2.00 bits per heavy atom. The minimum Gasteiger partial charge on any atom is -0.338 e. The van der Waals surface area contributed by atoms with E-state index >= 15 is 0 Å². The molecule has 2 rings (SSSR count). The molecule has 1 aromatic rings. The average Bonchev–Trinajstić information content (AvgIpc) is 2.52. The molecule has 0 bridgehead atoms. The molecule has 1 aliphatic heterocycles. The SMILES string of the molecule is CCCCS(=O)(=O)NCCC(=O)N1CCc2ccccc2C1. The summed E-state index contributed by atoms with van der Waals surface area (Å²) in [7, 11) is -3.24. The zero-order valence-electron chi connectivity index (χ0n) is 13.0. The van der Waals surface area contributed by atoms with E-state index in [1.54, 1.807) is 0 Å². The topological polar surface area (TPSA) is 66.5 Å². The second-order valence-corrected chi connectivity index (χ2v) is 7.58. The summed E-state index contributed by atoms with van der Waals surface area (Å²) in [5.74, 6) is 0.141. The van der Waals surface area contributed by atoms with Crippen LogP contribution in [0.3, 0.4) is 0 Å². The Morgan fingerprint density at radius 3 is 2.73 bits per heavy atom. The van der Waals surface area contributed by atoms with Gasteiger partial charge in [-0.3, -0.25) is 4.79 Å². The molecule has 0 aromatic heterocycles. The van der Waals surface area contributed by atoms with Gasteiger partial charge >= 0.3 is 0 Å². The lowest BCUT2D eigenvalue weighted by Gasteiger charge is -2.29. The van der Waals surface area contributed by atoms with Gasteiger partial charge in [-0.15, -0.1) is 0 Å². The molecular formula is C16H24N2O3S. The van der Waals surface area contributed by atoms with Gasteiger partial charge in [-0.2, -0.15) is 0 Å². The Balaban J connectivity index is 1.79. The standard InChI is InChI=1S/C16H24N2O3S/c1-2-3-12-22(20,21)17-10-8-16(19)18-11-9-14-6-4-5-7-15(14)13-18/h4-7,17H,2-3,8-13H2,1H3. The van der Waals surface area contributed by atoms with Crippen LogP contribution >= 0.6 is 0 Å². The molecule has 22 heavy (non-hydrogen) atoms. The van der Waals surface area contributed by atoms with Crippen molar-refractivity contribution in [2.45, 2.75) is 39.2 Å². The van der Waals surface area contributed by atoms with Crippen LogP contribution in [-0.2, 0) is 27.8 Å². The van der Waals surface area contributed by atoms with E-state index in [2.05, 4.69) is 10.8 Å². The lowest BCUT2D eigenvalue weighted by molar-refractivity contribution is -0.131. The Hall–Kier alpha value is -1.40. The fourth-order valence-electron chi connectivity index (χ4n) is 2.59. The normalized spacial score (nSPS) is 14.7. The maximum Gasteiger partial charge on any atom is 0.224 e. The zero-order chi connectivity index (χ0) is 16.0. The minimum atomic E-state index is -3.24. The maximum atomic E-state index is 12.2. The third-order valence-electron chi connectivity index (χ3n) is 3.91. The van der Waals surface area contributed by atoms with Crippen LogP contribution in [0.15, 0.2) is 24.3 Å². The molecule has 5 nitrogen and oxygen atoms in total. The van der Waals surface area contributed by atoms with Gasteiger partial charge in [0.2, 0.25) is 15.9 Å². The first-order chi connectivity index (χ1) is 10.5. The fraction of sp³-hybridized carbons (Fsp3) is 0.562. The van der Waals surface area contributed by atoms with E-state index in [1.807, 2.05) is 30.0 Å². The van der Waals surface area contributed by atoms with Crippen molar-refractivity contribution in [2.75, 3.05) is 18.8 Å². The van der Waals surface area contributed by atoms with E-state index < -0.39 is 10.0 Å². The summed E-state index contributed by atoms with van der Waals surface area (Å²) in [6.45, 7) is 3.46. The molecule has 0 fully saturated rings. The van der Waals surface area contributed by atoms with Crippen LogP contribution in [0.4, 0.5) is 0 Å². The smallest absolute Gasteiger partial charge is 0.224 e. The first-order valence-corrected chi connectivity index (χ1v) is 9.49. The van der Waals surface area contributed by atoms with Crippen molar-refractivity contribution in [3.8, 4) is 0 Å². The van der Waals surface area contributed by atoms with E-state index in [9.17, 15) is 13.2 Å². The number of nitrogens with zero attached hydrogens (tertiary/aromatic N) is 1. The van der Waals surface area contributed by atoms with E-state index in [0.717, 1.165) is 12.8 Å². The van der Waals surface area contributed by atoms with Crippen LogP contribution in [-0.4, -0.2) is 38.1 Å². The summed E-state index contributed by atoms with van der Waals surface area (Å²) in [6.07, 6.45) is 2.57. The fourth-order valence-corrected chi connectivity index (χ4v) is 3.81. The van der Waals surface area contributed by atoms with E-state index in [-0.39, 0.29) is 24.6 Å². The number of carbonyl (C=O) groups excluding carboxylic acids is 1. The second-order valence-electron chi connectivity index (χ2n) is 5.65. The molecule has 0 saturated carbocycles. The van der Waals surface area contributed by atoms with Gasteiger partial charge in [0.05, 0.1) is 5.75 Å². The lowest BCUT2D eigenvalue weighted by Crippen LogP contribution is -2.38. The van der Waals surface area contributed by atoms with Crippen molar-refractivity contribution in [1.29, 1.82) is 0 Å². The number of sulfonamides is 1. The highest BCUT2D eigenvalue weighted by atomic mass is 32.2. The Bertz CT molecular complexity index is 614. The molecule has 0 saturated heterocycles. The van der Waals surface area contributed by atoms with Crippen molar-refractivity contribution < 1.29 is 13.2 Å². The largest absolute Gasteiger partial charge is 0.338 e. The van der Waals surface area contributed by atoms with E-state index in [4.69, 9.17) is 0 Å². The van der Waals surface area contributed by atoms with Gasteiger partial charge in [0.15, 0.2) is 0 Å². The summed E-state index contributed by atoms with van der Waals surface area (Å²) in [6, 6.07) is 8.14. The molecule has 1 aromatic carbocycles. The number of unbranched alkanes of at least 4 members (excludes halogenated alkanes) is 1. The van der Waals surface area contributed by atoms with Crippen LogP contribution in [0.2, 0.25) is 0 Å². The Morgan fingerprint density at radius 1 is 1.27 bits per heavy atom. The predicted molar refractivity (Wildman–Crippen MR) is 86.9 cm³/mol. The van der Waals surface area contributed by atoms with Crippen molar-refractivity contribution in [3.05, 3.63) is 35.4 Å². The van der Waals surface area contributed by atoms with Gasteiger partial charge in [-0.25, -0.2) is 13.1 Å². The summed E-state index contributed by atoms with van der Waals surface area (Å²) in [5.41, 5.74) is 2.48. The molecule has 1 aliphatic rings. The first kappa shape index (κ1) is 17.0. The van der Waals surface area contributed by atoms with E-state index in [0.29, 0.717) is 19.5 Å². The van der Waals surface area contributed by atoms with Crippen LogP contribution < -0.4 is 4.72 Å². The molecule has 0 atom stereocenters. The average molecular weight is 324 g/mol. The lowest BCUT2D eigenvalue weighted by atomic mass is 10.00. The minimum absolute atomic E-state index is 0.00712. The molecule has 1 N–H and O–H groups in total. The molecule has 1 amide bonds. The third-order valence-corrected chi connectivity index (χ3v) is 5.38. The summed E-state index contributed by atoms with van der Waals surface area (Å²) < 4.78 is 25.9. The van der Waals surface area contributed by atoms with Gasteiger partial charge in [0, 0.05) is 26.1 Å². The van der Waals surface area contributed by atoms with Gasteiger partial charge in [0.1, 0.15) is 0 Å². The maximum absolute atomic E-state index is 12.2. The quantitative estimate of drug-likeness (QED) is 0.830. The molecule has 1 heterocycles. The van der Waals surface area contributed by atoms with Crippen LogP contribution in [0.1, 0.15) is 37.3 Å². The molecule has 6 heteroatoms. The Kier molecular flexibility index (Phi) is 5.97. The molecule has 0 radical (unpaired) electrons. The number of nitrogens with one attached hydrogen (secondary N) is 1. The Labute approximate surface area is 132 Å². The number of amides is 1. The summed E-state index contributed by atoms with van der Waals surface area (Å²) in [4.78, 5) is 14.0. The highest BCUT2D eigenvalue weighted by Crippen LogP contribution is 2.18. The van der Waals surface area contributed by atoms with Gasteiger partial charge in [-0.1, -0.05) is 37.6 Å². The van der Waals surface area contributed by atoms with Crippen molar-refractivity contribution in [3.63, 3.8) is 0 Å². The first-order valence-electron chi connectivity index (χ1n) is 7.83. The number of hydrogen-bond donors (Lipinski definition) is 1. The second kappa shape index (κ2) is 7.74. The number of carbonyl (C=O) groups is 1. The summed E-state index contributed by atoms with van der Waals surface area (Å²) >= 11 is 0. The zero-order valence-corrected chi connectivity index (χ0v) is 13.9. The molecule has 0 aliphatic carbocycles. The monoisotopic (exact) mass is 324 g/mol. The van der Waals surface area contributed by atoms with Crippen LogP contribution in [0.5, 0.6) is 0 Å². The van der Waals surface area contributed by atoms with Crippen molar-refractivity contribution in [1.82, 2.24) is 9.62 Å². The number of fused-ring (bicyclic) bond motifs is 1. The number of rotatable bonds is 7. The van der Waals surface area contributed by atoms with Crippen LogP contribution in [0.25, 0.3) is 0 Å². The molecule has 0 unspecified atom stereocenters. The van der Waals surface area contributed by atoms with Gasteiger partial charge in [-0.05, 0) is 24.0 Å². The number of hydrogen-bond acceptors (Lipinski definition) is 3. The van der Waals surface area contributed by atoms with Crippen LogP contribution in [0, 0.1) is 0 Å².